The molecule has 2 aromatic rings. The average molecular weight is 329 g/mol. The van der Waals surface area contributed by atoms with Crippen LogP contribution in [0.5, 0.6) is 5.75 Å². The van der Waals surface area contributed by atoms with Gasteiger partial charge in [-0.25, -0.2) is 4.79 Å². The van der Waals surface area contributed by atoms with Crippen LogP contribution in [-0.4, -0.2) is 38.1 Å². The summed E-state index contributed by atoms with van der Waals surface area (Å²) in [6.07, 6.45) is 0.843. The molecular weight excluding hydrogens is 306 g/mol. The van der Waals surface area contributed by atoms with E-state index in [2.05, 4.69) is 9.78 Å². The third-order valence-corrected chi connectivity index (χ3v) is 3.53. The highest BCUT2D eigenvalue weighted by Gasteiger charge is 2.08. The van der Waals surface area contributed by atoms with Crippen molar-refractivity contribution in [2.45, 2.75) is 13.0 Å². The van der Waals surface area contributed by atoms with Gasteiger partial charge in [0, 0.05) is 6.54 Å². The largest absolute Gasteiger partial charge is 0.489 e. The average Bonchev–Trinajstić information content (AvgIpc) is 2.60. The predicted molar refractivity (Wildman–Crippen MR) is 91.5 cm³/mol. The van der Waals surface area contributed by atoms with E-state index < -0.39 is 5.97 Å². The standard InChI is InChI=1S/C19H23NO4/c1-20(14-19(21)24-22-2)13-12-16-8-10-18(11-9-16)23-15-17-6-4-3-5-7-17/h3-11H,12-15H2,1-2H3. The van der Waals surface area contributed by atoms with Crippen LogP contribution in [-0.2, 0) is 27.6 Å². The molecule has 0 fully saturated rings. The van der Waals surface area contributed by atoms with Gasteiger partial charge in [-0.15, -0.1) is 0 Å². The summed E-state index contributed by atoms with van der Waals surface area (Å²) in [6.45, 7) is 1.51. The molecule has 2 aromatic carbocycles. The van der Waals surface area contributed by atoms with E-state index in [1.807, 2.05) is 66.5 Å². The van der Waals surface area contributed by atoms with Gasteiger partial charge in [0.2, 0.25) is 0 Å². The van der Waals surface area contributed by atoms with E-state index in [-0.39, 0.29) is 6.54 Å². The SMILES string of the molecule is COOC(=O)CN(C)CCc1ccc(OCc2ccccc2)cc1. The Morgan fingerprint density at radius 2 is 1.71 bits per heavy atom. The number of likely N-dealkylation sites (N-methyl/N-ethyl adjacent to an activating group) is 1. The monoisotopic (exact) mass is 329 g/mol. The molecule has 0 saturated carbocycles. The fourth-order valence-electron chi connectivity index (χ4n) is 2.23. The summed E-state index contributed by atoms with van der Waals surface area (Å²) in [7, 11) is 3.19. The molecule has 5 nitrogen and oxygen atoms in total. The summed E-state index contributed by atoms with van der Waals surface area (Å²) in [5, 5.41) is 0. The zero-order valence-electron chi connectivity index (χ0n) is 14.1. The highest BCUT2D eigenvalue weighted by molar-refractivity contribution is 5.70. The third-order valence-electron chi connectivity index (χ3n) is 3.53. The first kappa shape index (κ1) is 18.0. The minimum absolute atomic E-state index is 0.201. The van der Waals surface area contributed by atoms with E-state index in [4.69, 9.17) is 4.74 Å². The van der Waals surface area contributed by atoms with Crippen molar-refractivity contribution >= 4 is 5.97 Å². The van der Waals surface area contributed by atoms with Gasteiger partial charge in [-0.3, -0.25) is 9.79 Å². The molecule has 0 heterocycles. The Morgan fingerprint density at radius 3 is 2.38 bits per heavy atom. The van der Waals surface area contributed by atoms with Crippen LogP contribution in [0.25, 0.3) is 0 Å². The molecule has 128 valence electrons. The Hall–Kier alpha value is -2.37. The van der Waals surface area contributed by atoms with Crippen molar-refractivity contribution in [2.75, 3.05) is 27.2 Å². The van der Waals surface area contributed by atoms with E-state index >= 15 is 0 Å². The van der Waals surface area contributed by atoms with E-state index in [0.29, 0.717) is 6.61 Å². The fourth-order valence-corrected chi connectivity index (χ4v) is 2.23. The number of rotatable bonds is 9. The molecule has 0 aliphatic carbocycles. The van der Waals surface area contributed by atoms with Crippen molar-refractivity contribution < 1.29 is 19.3 Å². The summed E-state index contributed by atoms with van der Waals surface area (Å²) < 4.78 is 5.77. The minimum atomic E-state index is -0.398. The van der Waals surface area contributed by atoms with Gasteiger partial charge in [0.1, 0.15) is 18.9 Å². The normalized spacial score (nSPS) is 10.6. The second kappa shape index (κ2) is 9.70. The Labute approximate surface area is 142 Å². The number of benzene rings is 2. The van der Waals surface area contributed by atoms with E-state index in [9.17, 15) is 4.79 Å². The van der Waals surface area contributed by atoms with Gasteiger partial charge in [-0.1, -0.05) is 42.5 Å². The van der Waals surface area contributed by atoms with Gasteiger partial charge in [-0.05, 0) is 36.7 Å². The van der Waals surface area contributed by atoms with Gasteiger partial charge in [0.15, 0.2) is 0 Å². The number of carbonyl (C=O) groups excluding carboxylic acids is 1. The van der Waals surface area contributed by atoms with Crippen LogP contribution in [0.2, 0.25) is 0 Å². The zero-order valence-corrected chi connectivity index (χ0v) is 14.1. The van der Waals surface area contributed by atoms with Gasteiger partial charge in [0.25, 0.3) is 0 Å². The molecular formula is C19H23NO4. The fraction of sp³-hybridized carbons (Fsp3) is 0.316. The molecule has 0 bridgehead atoms. The molecule has 2 rings (SSSR count). The first-order valence-electron chi connectivity index (χ1n) is 7.85. The lowest BCUT2D eigenvalue weighted by molar-refractivity contribution is -0.255. The van der Waals surface area contributed by atoms with Crippen LogP contribution in [0.3, 0.4) is 0 Å². The maximum Gasteiger partial charge on any atom is 0.356 e. The molecule has 0 N–H and O–H groups in total. The van der Waals surface area contributed by atoms with Crippen molar-refractivity contribution in [3.8, 4) is 5.75 Å². The lowest BCUT2D eigenvalue weighted by Crippen LogP contribution is -2.29. The predicted octanol–water partition coefficient (Wildman–Crippen LogP) is 2.84. The van der Waals surface area contributed by atoms with Gasteiger partial charge >= 0.3 is 5.97 Å². The second-order valence-electron chi connectivity index (χ2n) is 5.53. The molecule has 0 aliphatic rings. The highest BCUT2D eigenvalue weighted by atomic mass is 17.2. The smallest absolute Gasteiger partial charge is 0.356 e. The molecule has 0 spiro atoms. The number of hydrogen-bond acceptors (Lipinski definition) is 5. The Balaban J connectivity index is 1.74. The van der Waals surface area contributed by atoms with Gasteiger partial charge in [0.05, 0.1) is 7.11 Å². The number of carbonyl (C=O) groups is 1. The van der Waals surface area contributed by atoms with Crippen LogP contribution >= 0.6 is 0 Å². The van der Waals surface area contributed by atoms with Crippen molar-refractivity contribution in [2.24, 2.45) is 0 Å². The van der Waals surface area contributed by atoms with Crippen LogP contribution in [0.1, 0.15) is 11.1 Å². The molecule has 0 radical (unpaired) electrons. The molecule has 0 unspecified atom stereocenters. The van der Waals surface area contributed by atoms with Crippen LogP contribution in [0, 0.1) is 0 Å². The zero-order chi connectivity index (χ0) is 17.2. The summed E-state index contributed by atoms with van der Waals surface area (Å²) in [4.78, 5) is 22.0. The van der Waals surface area contributed by atoms with Crippen molar-refractivity contribution in [1.29, 1.82) is 0 Å². The Morgan fingerprint density at radius 1 is 1.00 bits per heavy atom. The first-order valence-corrected chi connectivity index (χ1v) is 7.85. The summed E-state index contributed by atoms with van der Waals surface area (Å²) >= 11 is 0. The van der Waals surface area contributed by atoms with Gasteiger partial charge in [-0.2, -0.15) is 4.89 Å². The van der Waals surface area contributed by atoms with Crippen molar-refractivity contribution in [3.63, 3.8) is 0 Å². The summed E-state index contributed by atoms with van der Waals surface area (Å²) in [5.41, 5.74) is 2.33. The Kier molecular flexibility index (Phi) is 7.26. The summed E-state index contributed by atoms with van der Waals surface area (Å²) in [6, 6.07) is 18.1. The van der Waals surface area contributed by atoms with Crippen molar-refractivity contribution in [3.05, 3.63) is 65.7 Å². The molecule has 0 saturated heterocycles. The van der Waals surface area contributed by atoms with E-state index in [1.54, 1.807) is 0 Å². The van der Waals surface area contributed by atoms with Crippen molar-refractivity contribution in [1.82, 2.24) is 4.90 Å². The maximum atomic E-state index is 11.3. The molecule has 0 atom stereocenters. The molecule has 24 heavy (non-hydrogen) atoms. The van der Waals surface area contributed by atoms with E-state index in [0.717, 1.165) is 24.3 Å². The Bertz CT molecular complexity index is 613. The van der Waals surface area contributed by atoms with Gasteiger partial charge < -0.3 is 4.74 Å². The number of hydrogen-bond donors (Lipinski definition) is 0. The molecule has 0 amide bonds. The lowest BCUT2D eigenvalue weighted by atomic mass is 10.1. The van der Waals surface area contributed by atoms with Crippen LogP contribution in [0.4, 0.5) is 0 Å². The number of ether oxygens (including phenoxy) is 1. The third kappa shape index (κ3) is 6.40. The molecule has 0 aromatic heterocycles. The number of nitrogens with zero attached hydrogens (tertiary/aromatic N) is 1. The summed E-state index contributed by atoms with van der Waals surface area (Å²) in [5.74, 6) is 0.448. The second-order valence-corrected chi connectivity index (χ2v) is 5.53. The first-order chi connectivity index (χ1) is 11.7. The topological polar surface area (TPSA) is 48.0 Å². The highest BCUT2D eigenvalue weighted by Crippen LogP contribution is 2.14. The molecule has 0 aliphatic heterocycles. The molecule has 5 heteroatoms. The van der Waals surface area contributed by atoms with E-state index in [1.165, 1.54) is 12.7 Å². The minimum Gasteiger partial charge on any atom is -0.489 e. The maximum absolute atomic E-state index is 11.3. The van der Waals surface area contributed by atoms with Crippen LogP contribution < -0.4 is 4.74 Å². The lowest BCUT2D eigenvalue weighted by Gasteiger charge is -2.14. The quantitative estimate of drug-likeness (QED) is 0.523. The van der Waals surface area contributed by atoms with Crippen LogP contribution in [0.15, 0.2) is 54.6 Å².